The lowest BCUT2D eigenvalue weighted by Gasteiger charge is -2.27. The van der Waals surface area contributed by atoms with Crippen molar-refractivity contribution in [2.24, 2.45) is 0 Å². The predicted octanol–water partition coefficient (Wildman–Crippen LogP) is 4.66. The number of fused-ring (bicyclic) bond motifs is 3. The van der Waals surface area contributed by atoms with Gasteiger partial charge in [0.2, 0.25) is 0 Å². The number of benzene rings is 2. The molecule has 1 aromatic heterocycles. The first-order valence-electron chi connectivity index (χ1n) is 7.70. The second kappa shape index (κ2) is 5.94. The molecule has 0 saturated carbocycles. The van der Waals surface area contributed by atoms with Crippen LogP contribution in [0.3, 0.4) is 0 Å². The van der Waals surface area contributed by atoms with Gasteiger partial charge in [-0.05, 0) is 36.4 Å². The van der Waals surface area contributed by atoms with Crippen LogP contribution in [0.4, 0.5) is 14.9 Å². The zero-order valence-corrected chi connectivity index (χ0v) is 14.4. The summed E-state index contributed by atoms with van der Waals surface area (Å²) in [5.74, 6) is -0.264. The predicted molar refractivity (Wildman–Crippen MR) is 95.5 cm³/mol. The van der Waals surface area contributed by atoms with E-state index in [9.17, 15) is 9.18 Å². The molecular formula is C18H15BrFN3O. The summed E-state index contributed by atoms with van der Waals surface area (Å²) < 4.78 is 14.5. The number of rotatable bonds is 1. The van der Waals surface area contributed by atoms with E-state index in [1.807, 2.05) is 24.3 Å². The zero-order chi connectivity index (χ0) is 16.7. The number of nitrogens with zero attached hydrogens (tertiary/aromatic N) is 1. The largest absolute Gasteiger partial charge is 0.358 e. The quantitative estimate of drug-likeness (QED) is 0.626. The highest BCUT2D eigenvalue weighted by Crippen LogP contribution is 2.28. The molecule has 3 aromatic rings. The molecule has 2 amide bonds. The van der Waals surface area contributed by atoms with Crippen LogP contribution in [0.15, 0.2) is 46.9 Å². The van der Waals surface area contributed by atoms with Gasteiger partial charge in [0, 0.05) is 51.8 Å². The Hall–Kier alpha value is -2.34. The van der Waals surface area contributed by atoms with Crippen LogP contribution in [0.1, 0.15) is 11.3 Å². The number of hydrogen-bond donors (Lipinski definition) is 2. The molecule has 0 saturated heterocycles. The highest BCUT2D eigenvalue weighted by atomic mass is 79.9. The number of hydrogen-bond acceptors (Lipinski definition) is 1. The molecule has 2 N–H and O–H groups in total. The van der Waals surface area contributed by atoms with E-state index in [1.54, 1.807) is 11.0 Å². The minimum atomic E-state index is -0.264. The topological polar surface area (TPSA) is 48.1 Å². The first-order chi connectivity index (χ1) is 11.6. The van der Waals surface area contributed by atoms with Crippen LogP contribution >= 0.6 is 15.9 Å². The molecule has 1 aliphatic heterocycles. The summed E-state index contributed by atoms with van der Waals surface area (Å²) in [6.07, 6.45) is 0.734. The van der Waals surface area contributed by atoms with Gasteiger partial charge >= 0.3 is 6.03 Å². The Labute approximate surface area is 146 Å². The Morgan fingerprint density at radius 1 is 1.25 bits per heavy atom. The molecule has 2 aromatic carbocycles. The molecular weight excluding hydrogens is 373 g/mol. The summed E-state index contributed by atoms with van der Waals surface area (Å²) in [6.45, 7) is 1.10. The molecule has 0 radical (unpaired) electrons. The number of aromatic nitrogens is 1. The lowest BCUT2D eigenvalue weighted by Crippen LogP contribution is -2.38. The zero-order valence-electron chi connectivity index (χ0n) is 12.8. The van der Waals surface area contributed by atoms with Crippen molar-refractivity contribution in [1.29, 1.82) is 0 Å². The highest BCUT2D eigenvalue weighted by Gasteiger charge is 2.24. The number of carbonyl (C=O) groups is 1. The fraction of sp³-hybridized carbons (Fsp3) is 0.167. The average Bonchev–Trinajstić information content (AvgIpc) is 2.92. The van der Waals surface area contributed by atoms with Crippen molar-refractivity contribution >= 4 is 38.6 Å². The van der Waals surface area contributed by atoms with Gasteiger partial charge < -0.3 is 15.2 Å². The molecule has 6 heteroatoms. The van der Waals surface area contributed by atoms with E-state index in [2.05, 4.69) is 26.2 Å². The lowest BCUT2D eigenvalue weighted by atomic mass is 10.0. The Balaban J connectivity index is 1.58. The fourth-order valence-electron chi connectivity index (χ4n) is 3.13. The van der Waals surface area contributed by atoms with Crippen LogP contribution < -0.4 is 5.32 Å². The normalized spacial score (nSPS) is 13.8. The van der Waals surface area contributed by atoms with Gasteiger partial charge in [0.25, 0.3) is 0 Å². The van der Waals surface area contributed by atoms with Crippen molar-refractivity contribution in [2.45, 2.75) is 13.0 Å². The number of aromatic amines is 1. The molecule has 24 heavy (non-hydrogen) atoms. The smallest absolute Gasteiger partial charge is 0.322 e. The van der Waals surface area contributed by atoms with E-state index >= 15 is 0 Å². The summed E-state index contributed by atoms with van der Waals surface area (Å²) in [5.41, 5.74) is 3.74. The Kier molecular flexibility index (Phi) is 3.76. The fourth-order valence-corrected chi connectivity index (χ4v) is 3.53. The van der Waals surface area contributed by atoms with Crippen LogP contribution in [-0.4, -0.2) is 22.5 Å². The molecule has 2 heterocycles. The molecule has 0 aliphatic carbocycles. The third-order valence-electron chi connectivity index (χ3n) is 4.30. The van der Waals surface area contributed by atoms with Crippen LogP contribution in [0.5, 0.6) is 0 Å². The van der Waals surface area contributed by atoms with E-state index in [1.165, 1.54) is 12.1 Å². The summed E-state index contributed by atoms with van der Waals surface area (Å²) >= 11 is 3.39. The summed E-state index contributed by atoms with van der Waals surface area (Å²) in [4.78, 5) is 17.6. The molecule has 0 spiro atoms. The van der Waals surface area contributed by atoms with E-state index in [-0.39, 0.29) is 11.8 Å². The van der Waals surface area contributed by atoms with Crippen LogP contribution in [0.2, 0.25) is 0 Å². The summed E-state index contributed by atoms with van der Waals surface area (Å²) in [5, 5.41) is 3.76. The maximum atomic E-state index is 13.6. The molecule has 1 aliphatic rings. The van der Waals surface area contributed by atoms with Crippen molar-refractivity contribution in [1.82, 2.24) is 9.88 Å². The number of amides is 2. The van der Waals surface area contributed by atoms with Gasteiger partial charge in [-0.2, -0.15) is 0 Å². The van der Waals surface area contributed by atoms with Crippen LogP contribution in [0.25, 0.3) is 10.9 Å². The monoisotopic (exact) mass is 387 g/mol. The first-order valence-corrected chi connectivity index (χ1v) is 8.50. The van der Waals surface area contributed by atoms with Gasteiger partial charge in [0.15, 0.2) is 0 Å². The molecule has 4 rings (SSSR count). The second-order valence-electron chi connectivity index (χ2n) is 5.88. The Morgan fingerprint density at radius 3 is 2.96 bits per heavy atom. The van der Waals surface area contributed by atoms with Gasteiger partial charge in [-0.3, -0.25) is 0 Å². The SMILES string of the molecule is O=C(Nc1cccc(Br)c1)N1CCc2[nH]c3ccc(F)cc3c2C1. The van der Waals surface area contributed by atoms with Gasteiger partial charge in [-0.1, -0.05) is 22.0 Å². The highest BCUT2D eigenvalue weighted by molar-refractivity contribution is 9.10. The summed E-state index contributed by atoms with van der Waals surface area (Å²) in [6, 6.07) is 12.1. The van der Waals surface area contributed by atoms with Gasteiger partial charge in [-0.15, -0.1) is 0 Å². The number of urea groups is 1. The van der Waals surface area contributed by atoms with Crippen molar-refractivity contribution in [2.75, 3.05) is 11.9 Å². The maximum absolute atomic E-state index is 13.6. The van der Waals surface area contributed by atoms with E-state index in [0.29, 0.717) is 13.1 Å². The van der Waals surface area contributed by atoms with Crippen molar-refractivity contribution < 1.29 is 9.18 Å². The number of H-pyrrole nitrogens is 1. The minimum Gasteiger partial charge on any atom is -0.358 e. The lowest BCUT2D eigenvalue weighted by molar-refractivity contribution is 0.206. The van der Waals surface area contributed by atoms with Gasteiger partial charge in [0.05, 0.1) is 0 Å². The minimum absolute atomic E-state index is 0.149. The number of nitrogens with one attached hydrogen (secondary N) is 2. The molecule has 0 unspecified atom stereocenters. The average molecular weight is 388 g/mol. The van der Waals surface area contributed by atoms with E-state index in [0.717, 1.165) is 38.7 Å². The number of anilines is 1. The van der Waals surface area contributed by atoms with E-state index in [4.69, 9.17) is 0 Å². The third-order valence-corrected chi connectivity index (χ3v) is 4.79. The van der Waals surface area contributed by atoms with Crippen LogP contribution in [-0.2, 0) is 13.0 Å². The number of halogens is 2. The first kappa shape index (κ1) is 15.2. The number of carbonyl (C=O) groups excluding carboxylic acids is 1. The van der Waals surface area contributed by atoms with Gasteiger partial charge in [0.1, 0.15) is 5.82 Å². The molecule has 0 fully saturated rings. The summed E-state index contributed by atoms with van der Waals surface area (Å²) in [7, 11) is 0. The van der Waals surface area contributed by atoms with E-state index < -0.39 is 0 Å². The van der Waals surface area contributed by atoms with Gasteiger partial charge in [-0.25, -0.2) is 9.18 Å². The maximum Gasteiger partial charge on any atom is 0.322 e. The molecule has 0 bridgehead atoms. The Bertz CT molecular complexity index is 937. The van der Waals surface area contributed by atoms with Crippen molar-refractivity contribution in [3.8, 4) is 0 Å². The molecule has 4 nitrogen and oxygen atoms in total. The molecule has 0 atom stereocenters. The van der Waals surface area contributed by atoms with Crippen molar-refractivity contribution in [3.63, 3.8) is 0 Å². The van der Waals surface area contributed by atoms with Crippen LogP contribution in [0, 0.1) is 5.82 Å². The third kappa shape index (κ3) is 2.78. The van der Waals surface area contributed by atoms with Crippen molar-refractivity contribution in [3.05, 3.63) is 64.0 Å². The Morgan fingerprint density at radius 2 is 2.12 bits per heavy atom. The standard InChI is InChI=1S/C18H15BrFN3O/c19-11-2-1-3-13(8-11)21-18(24)23-7-6-17-15(10-23)14-9-12(20)4-5-16(14)22-17/h1-5,8-9,22H,6-7,10H2,(H,21,24). The molecule has 122 valence electrons. The second-order valence-corrected chi connectivity index (χ2v) is 6.80.